The molecule has 38 heavy (non-hydrogen) atoms. The number of halogens is 1. The predicted octanol–water partition coefficient (Wildman–Crippen LogP) is 3.55. The third-order valence-corrected chi connectivity index (χ3v) is 7.16. The summed E-state index contributed by atoms with van der Waals surface area (Å²) in [7, 11) is -1.54. The lowest BCUT2D eigenvalue weighted by Gasteiger charge is -2.25. The van der Waals surface area contributed by atoms with Gasteiger partial charge in [0, 0.05) is 5.02 Å². The predicted molar refractivity (Wildman–Crippen MR) is 143 cm³/mol. The molecule has 12 heteroatoms. The number of anilines is 1. The summed E-state index contributed by atoms with van der Waals surface area (Å²) in [5.74, 6) is -0.630. The van der Waals surface area contributed by atoms with E-state index in [-0.39, 0.29) is 28.0 Å². The van der Waals surface area contributed by atoms with Gasteiger partial charge in [0.1, 0.15) is 18.0 Å². The molecule has 0 unspecified atom stereocenters. The van der Waals surface area contributed by atoms with Crippen molar-refractivity contribution in [2.24, 2.45) is 5.10 Å². The summed E-state index contributed by atoms with van der Waals surface area (Å²) in [4.78, 5) is 24.1. The van der Waals surface area contributed by atoms with Gasteiger partial charge in [-0.3, -0.25) is 9.10 Å². The van der Waals surface area contributed by atoms with E-state index in [1.54, 1.807) is 42.5 Å². The van der Waals surface area contributed by atoms with Gasteiger partial charge in [0.2, 0.25) is 0 Å². The fourth-order valence-electron chi connectivity index (χ4n) is 3.23. The van der Waals surface area contributed by atoms with Gasteiger partial charge < -0.3 is 14.2 Å². The highest BCUT2D eigenvalue weighted by atomic mass is 35.5. The van der Waals surface area contributed by atoms with E-state index in [1.807, 2.05) is 6.92 Å². The highest BCUT2D eigenvalue weighted by molar-refractivity contribution is 7.92. The van der Waals surface area contributed by atoms with Crippen molar-refractivity contribution in [1.82, 2.24) is 5.43 Å². The van der Waals surface area contributed by atoms with Crippen LogP contribution in [0.2, 0.25) is 5.02 Å². The smallest absolute Gasteiger partial charge is 0.343 e. The van der Waals surface area contributed by atoms with Crippen molar-refractivity contribution >= 4 is 45.4 Å². The zero-order chi connectivity index (χ0) is 27.7. The Kier molecular flexibility index (Phi) is 9.69. The Morgan fingerprint density at radius 3 is 2.47 bits per heavy atom. The maximum absolute atomic E-state index is 13.6. The summed E-state index contributed by atoms with van der Waals surface area (Å²) in [6.07, 6.45) is 1.35. The maximum Gasteiger partial charge on any atom is 0.343 e. The molecule has 3 aromatic rings. The largest absolute Gasteiger partial charge is 0.495 e. The molecule has 0 heterocycles. The van der Waals surface area contributed by atoms with E-state index < -0.39 is 28.4 Å². The number of nitrogens with zero attached hydrogens (tertiary/aromatic N) is 2. The minimum atomic E-state index is -4.19. The van der Waals surface area contributed by atoms with Gasteiger partial charge in [-0.05, 0) is 55.0 Å². The van der Waals surface area contributed by atoms with Crippen LogP contribution in [0.5, 0.6) is 11.5 Å². The standard InChI is InChI=1S/C26H26ClN3O7S/c1-18-7-10-22(11-8-18)38(33,34)30(23-14-20(27)9-12-24(23)35-2)16-25(31)29-28-15-19-5-4-6-21(13-19)37-17-26(32)36-3/h4-15H,16-17H2,1-3H3,(H,29,31)/b28-15-. The van der Waals surface area contributed by atoms with Crippen molar-refractivity contribution in [3.8, 4) is 11.5 Å². The van der Waals surface area contributed by atoms with E-state index in [2.05, 4.69) is 15.3 Å². The number of rotatable bonds is 11. The highest BCUT2D eigenvalue weighted by Crippen LogP contribution is 2.34. The summed E-state index contributed by atoms with van der Waals surface area (Å²) in [5.41, 5.74) is 3.86. The highest BCUT2D eigenvalue weighted by Gasteiger charge is 2.29. The molecular formula is C26H26ClN3O7S. The number of sulfonamides is 1. The number of methoxy groups -OCH3 is 2. The minimum Gasteiger partial charge on any atom is -0.495 e. The molecule has 200 valence electrons. The van der Waals surface area contributed by atoms with Gasteiger partial charge >= 0.3 is 5.97 Å². The van der Waals surface area contributed by atoms with Gasteiger partial charge in [0.05, 0.1) is 31.0 Å². The monoisotopic (exact) mass is 559 g/mol. The second kappa shape index (κ2) is 12.9. The van der Waals surface area contributed by atoms with Crippen molar-refractivity contribution in [3.05, 3.63) is 82.9 Å². The molecule has 10 nitrogen and oxygen atoms in total. The van der Waals surface area contributed by atoms with Gasteiger partial charge in [0.15, 0.2) is 6.61 Å². The first-order valence-electron chi connectivity index (χ1n) is 11.2. The molecule has 0 radical (unpaired) electrons. The molecule has 0 aliphatic heterocycles. The number of nitrogens with one attached hydrogen (secondary N) is 1. The third-order valence-electron chi connectivity index (χ3n) is 5.15. The molecule has 0 atom stereocenters. The van der Waals surface area contributed by atoms with Crippen LogP contribution in [0.3, 0.4) is 0 Å². The first-order valence-corrected chi connectivity index (χ1v) is 13.0. The van der Waals surface area contributed by atoms with Crippen molar-refractivity contribution in [1.29, 1.82) is 0 Å². The number of hydrogen-bond donors (Lipinski definition) is 1. The number of ether oxygens (including phenoxy) is 3. The van der Waals surface area contributed by atoms with Gasteiger partial charge in [-0.1, -0.05) is 41.4 Å². The first-order chi connectivity index (χ1) is 18.1. The Bertz CT molecular complexity index is 1430. The Balaban J connectivity index is 1.82. The van der Waals surface area contributed by atoms with Crippen LogP contribution in [0.4, 0.5) is 5.69 Å². The van der Waals surface area contributed by atoms with Crippen LogP contribution >= 0.6 is 11.6 Å². The molecule has 0 saturated heterocycles. The topological polar surface area (TPSA) is 124 Å². The molecule has 3 aromatic carbocycles. The zero-order valence-corrected chi connectivity index (χ0v) is 22.5. The van der Waals surface area contributed by atoms with Crippen LogP contribution in [0.15, 0.2) is 76.7 Å². The molecule has 0 fully saturated rings. The van der Waals surface area contributed by atoms with E-state index in [4.69, 9.17) is 21.1 Å². The first kappa shape index (κ1) is 28.5. The summed E-state index contributed by atoms with van der Waals surface area (Å²) in [5, 5.41) is 4.18. The molecule has 1 N–H and O–H groups in total. The Morgan fingerprint density at radius 1 is 1.05 bits per heavy atom. The average Bonchev–Trinajstić information content (AvgIpc) is 2.90. The number of amides is 1. The lowest BCUT2D eigenvalue weighted by atomic mass is 10.2. The molecule has 0 aliphatic rings. The fourth-order valence-corrected chi connectivity index (χ4v) is 4.82. The number of aryl methyl sites for hydroxylation is 1. The van der Waals surface area contributed by atoms with Crippen LogP contribution in [0.1, 0.15) is 11.1 Å². The summed E-state index contributed by atoms with van der Waals surface area (Å²) < 4.78 is 43.3. The summed E-state index contributed by atoms with van der Waals surface area (Å²) in [6.45, 7) is 0.971. The summed E-state index contributed by atoms with van der Waals surface area (Å²) >= 11 is 6.15. The molecular weight excluding hydrogens is 534 g/mol. The van der Waals surface area contributed by atoms with Gasteiger partial charge in [-0.2, -0.15) is 5.10 Å². The van der Waals surface area contributed by atoms with Crippen LogP contribution in [-0.4, -0.2) is 53.9 Å². The van der Waals surface area contributed by atoms with Crippen molar-refractivity contribution in [2.45, 2.75) is 11.8 Å². The van der Waals surface area contributed by atoms with E-state index in [9.17, 15) is 18.0 Å². The molecule has 1 amide bonds. The van der Waals surface area contributed by atoms with Crippen LogP contribution in [0.25, 0.3) is 0 Å². The number of esters is 1. The van der Waals surface area contributed by atoms with E-state index >= 15 is 0 Å². The number of carbonyl (C=O) groups is 2. The second-order valence-electron chi connectivity index (χ2n) is 7.87. The van der Waals surface area contributed by atoms with Crippen molar-refractivity contribution in [3.63, 3.8) is 0 Å². The fraction of sp³-hybridized carbons (Fsp3) is 0.192. The summed E-state index contributed by atoms with van der Waals surface area (Å²) in [6, 6.07) is 17.3. The number of benzene rings is 3. The second-order valence-corrected chi connectivity index (χ2v) is 10.2. The van der Waals surface area contributed by atoms with Crippen LogP contribution in [-0.2, 0) is 24.3 Å². The lowest BCUT2D eigenvalue weighted by Crippen LogP contribution is -2.39. The number of carbonyl (C=O) groups excluding carboxylic acids is 2. The lowest BCUT2D eigenvalue weighted by molar-refractivity contribution is -0.142. The van der Waals surface area contributed by atoms with Gasteiger partial charge in [0.25, 0.3) is 15.9 Å². The van der Waals surface area contributed by atoms with Crippen LogP contribution < -0.4 is 19.2 Å². The van der Waals surface area contributed by atoms with Gasteiger partial charge in [-0.15, -0.1) is 0 Å². The molecule has 0 spiro atoms. The SMILES string of the molecule is COC(=O)COc1cccc(/C=N\NC(=O)CN(c2cc(Cl)ccc2OC)S(=O)(=O)c2ccc(C)cc2)c1. The Morgan fingerprint density at radius 2 is 1.79 bits per heavy atom. The zero-order valence-electron chi connectivity index (χ0n) is 20.9. The Hall–Kier alpha value is -4.09. The molecule has 0 aliphatic carbocycles. The van der Waals surface area contributed by atoms with E-state index in [0.29, 0.717) is 11.3 Å². The van der Waals surface area contributed by atoms with Crippen molar-refractivity contribution in [2.75, 3.05) is 31.7 Å². The average molecular weight is 560 g/mol. The molecule has 0 saturated carbocycles. The minimum absolute atomic E-state index is 0.00907. The quantitative estimate of drug-likeness (QED) is 0.216. The van der Waals surface area contributed by atoms with Crippen LogP contribution in [0, 0.1) is 6.92 Å². The van der Waals surface area contributed by atoms with E-state index in [0.717, 1.165) is 9.87 Å². The van der Waals surface area contributed by atoms with Gasteiger partial charge in [-0.25, -0.2) is 18.6 Å². The molecule has 3 rings (SSSR count). The normalized spacial score (nSPS) is 11.2. The number of hydrogen-bond acceptors (Lipinski definition) is 8. The Labute approximate surface area is 225 Å². The maximum atomic E-state index is 13.6. The molecule has 0 aromatic heterocycles. The molecule has 0 bridgehead atoms. The van der Waals surface area contributed by atoms with Crippen molar-refractivity contribution < 1.29 is 32.2 Å². The van der Waals surface area contributed by atoms with E-state index in [1.165, 1.54) is 44.7 Å². The third kappa shape index (κ3) is 7.46. The number of hydrazone groups is 1.